The fourth-order valence-corrected chi connectivity index (χ4v) is 0.607. The quantitative estimate of drug-likeness (QED) is 0.536. The molecule has 55 valence electrons. The molecule has 0 saturated carbocycles. The van der Waals surface area contributed by atoms with Gasteiger partial charge in [-0.25, -0.2) is 5.11 Å². The highest BCUT2D eigenvalue weighted by molar-refractivity contribution is 4.42. The zero-order valence-corrected chi connectivity index (χ0v) is 6.39. The summed E-state index contributed by atoms with van der Waals surface area (Å²) < 4.78 is 4.94. The average Bonchev–Trinajstić information content (AvgIpc) is 1.63. The molecule has 0 aromatic heterocycles. The summed E-state index contributed by atoms with van der Waals surface area (Å²) in [6.45, 7) is 5.73. The van der Waals surface area contributed by atoms with Crippen LogP contribution in [-0.2, 0) is 9.84 Å². The van der Waals surface area contributed by atoms with Gasteiger partial charge in [-0.3, -0.25) is 0 Å². The van der Waals surface area contributed by atoms with Gasteiger partial charge in [0.25, 0.3) is 0 Å². The molecule has 1 atom stereocenters. The Morgan fingerprint density at radius 2 is 2.00 bits per heavy atom. The minimum Gasteiger partial charge on any atom is -0.347 e. The largest absolute Gasteiger partial charge is 0.347 e. The van der Waals surface area contributed by atoms with E-state index < -0.39 is 6.29 Å². The van der Waals surface area contributed by atoms with Gasteiger partial charge in [-0.05, 0) is 13.8 Å². The Morgan fingerprint density at radius 1 is 1.44 bits per heavy atom. The predicted molar refractivity (Wildman–Crippen MR) is 35.6 cm³/mol. The van der Waals surface area contributed by atoms with Crippen LogP contribution in [0.1, 0.15) is 33.6 Å². The molecule has 0 fully saturated rings. The molecule has 0 amide bonds. The third-order valence-electron chi connectivity index (χ3n) is 0.948. The van der Waals surface area contributed by atoms with Crippen molar-refractivity contribution in [2.24, 2.45) is 0 Å². The van der Waals surface area contributed by atoms with Crippen LogP contribution < -0.4 is 0 Å². The molecular weight excluding hydrogens is 116 g/mol. The van der Waals surface area contributed by atoms with Crippen molar-refractivity contribution in [1.82, 2.24) is 0 Å². The molecule has 1 unspecified atom stereocenters. The van der Waals surface area contributed by atoms with Gasteiger partial charge in [0.1, 0.15) is 0 Å². The molecule has 0 aromatic rings. The van der Waals surface area contributed by atoms with Gasteiger partial charge in [0.05, 0.1) is 6.10 Å². The summed E-state index contributed by atoms with van der Waals surface area (Å²) in [7, 11) is 0. The summed E-state index contributed by atoms with van der Waals surface area (Å²) in [6.07, 6.45) is 0.785. The molecule has 0 aliphatic heterocycles. The number of rotatable bonds is 4. The van der Waals surface area contributed by atoms with Crippen LogP contribution in [0.4, 0.5) is 0 Å². The molecule has 9 heavy (non-hydrogen) atoms. The van der Waals surface area contributed by atoms with E-state index in [4.69, 9.17) is 4.74 Å². The van der Waals surface area contributed by atoms with Gasteiger partial charge in [0.15, 0.2) is 6.29 Å². The normalized spacial score (nSPS) is 14.3. The van der Waals surface area contributed by atoms with E-state index in [1.807, 2.05) is 20.8 Å². The molecule has 0 spiro atoms. The fraction of sp³-hybridized carbons (Fsp3) is 1.00. The second kappa shape index (κ2) is 4.77. The lowest BCUT2D eigenvalue weighted by Crippen LogP contribution is -2.14. The van der Waals surface area contributed by atoms with Crippen molar-refractivity contribution in [3.05, 3.63) is 0 Å². The Labute approximate surface area is 56.8 Å². The van der Waals surface area contributed by atoms with E-state index in [-0.39, 0.29) is 6.10 Å². The highest BCUT2D eigenvalue weighted by Crippen LogP contribution is 2.01. The minimum atomic E-state index is -0.810. The molecule has 0 aromatic carbocycles. The Kier molecular flexibility index (Phi) is 4.72. The monoisotopic (exact) mass is 131 g/mol. The lowest BCUT2D eigenvalue weighted by molar-refractivity contribution is -0.164. The number of hydrogen-bond acceptors (Lipinski definition) is 1. The van der Waals surface area contributed by atoms with Gasteiger partial charge in [0.2, 0.25) is 0 Å². The van der Waals surface area contributed by atoms with E-state index in [0.29, 0.717) is 6.42 Å². The van der Waals surface area contributed by atoms with Crippen LogP contribution in [0.3, 0.4) is 0 Å². The first-order valence-electron chi connectivity index (χ1n) is 3.48. The zero-order valence-electron chi connectivity index (χ0n) is 6.39. The molecule has 0 saturated heterocycles. The number of ether oxygens (including phenoxy) is 1. The van der Waals surface area contributed by atoms with Crippen LogP contribution in [0, 0.1) is 0 Å². The van der Waals surface area contributed by atoms with Gasteiger partial charge in [-0.1, -0.05) is 13.3 Å². The van der Waals surface area contributed by atoms with E-state index in [1.54, 1.807) is 0 Å². The van der Waals surface area contributed by atoms with Crippen LogP contribution in [0.15, 0.2) is 0 Å². The summed E-state index contributed by atoms with van der Waals surface area (Å²) >= 11 is 0. The maximum Gasteiger partial charge on any atom is 0.191 e. The van der Waals surface area contributed by atoms with Crippen LogP contribution in [0.5, 0.6) is 0 Å². The maximum atomic E-state index is 10.7. The van der Waals surface area contributed by atoms with E-state index in [9.17, 15) is 5.11 Å². The van der Waals surface area contributed by atoms with Gasteiger partial charge in [0, 0.05) is 6.42 Å². The molecule has 0 N–H and O–H groups in total. The third-order valence-corrected chi connectivity index (χ3v) is 0.948. The zero-order chi connectivity index (χ0) is 7.28. The summed E-state index contributed by atoms with van der Waals surface area (Å²) in [5, 5.41) is 10.7. The summed E-state index contributed by atoms with van der Waals surface area (Å²) in [6, 6.07) is 0. The molecule has 0 rings (SSSR count). The molecule has 2 nitrogen and oxygen atoms in total. The minimum absolute atomic E-state index is 0.0686. The summed E-state index contributed by atoms with van der Waals surface area (Å²) in [4.78, 5) is 0. The van der Waals surface area contributed by atoms with Crippen LogP contribution in [0.25, 0.3) is 0 Å². The van der Waals surface area contributed by atoms with E-state index in [1.165, 1.54) is 0 Å². The first kappa shape index (κ1) is 8.92. The molecule has 2 heteroatoms. The first-order valence-corrected chi connectivity index (χ1v) is 3.48. The van der Waals surface area contributed by atoms with Crippen molar-refractivity contribution < 1.29 is 9.84 Å². The lowest BCUT2D eigenvalue weighted by atomic mass is 10.3. The Bertz CT molecular complexity index is 61.9. The second-order valence-electron chi connectivity index (χ2n) is 2.40. The SMILES string of the molecule is CCCC([O])OC(C)C. The van der Waals surface area contributed by atoms with E-state index in [0.717, 1.165) is 6.42 Å². The van der Waals surface area contributed by atoms with Crippen molar-refractivity contribution >= 4 is 0 Å². The highest BCUT2D eigenvalue weighted by atomic mass is 16.6. The topological polar surface area (TPSA) is 29.1 Å². The van der Waals surface area contributed by atoms with Crippen LogP contribution in [0.2, 0.25) is 0 Å². The molecule has 0 aliphatic carbocycles. The average molecular weight is 131 g/mol. The maximum absolute atomic E-state index is 10.7. The molecule has 0 heterocycles. The molecule has 0 bridgehead atoms. The van der Waals surface area contributed by atoms with Crippen LogP contribution in [-0.4, -0.2) is 12.4 Å². The molecule has 0 aliphatic rings. The Morgan fingerprint density at radius 3 is 2.33 bits per heavy atom. The fourth-order valence-electron chi connectivity index (χ4n) is 0.607. The van der Waals surface area contributed by atoms with E-state index >= 15 is 0 Å². The van der Waals surface area contributed by atoms with Crippen molar-refractivity contribution in [2.45, 2.75) is 46.0 Å². The predicted octanol–water partition coefficient (Wildman–Crippen LogP) is 1.97. The third kappa shape index (κ3) is 5.80. The van der Waals surface area contributed by atoms with Gasteiger partial charge >= 0.3 is 0 Å². The van der Waals surface area contributed by atoms with Gasteiger partial charge in [-0.15, -0.1) is 0 Å². The Balaban J connectivity index is 3.15. The van der Waals surface area contributed by atoms with E-state index in [2.05, 4.69) is 0 Å². The van der Waals surface area contributed by atoms with Crippen molar-refractivity contribution in [3.8, 4) is 0 Å². The molecule has 1 radical (unpaired) electrons. The van der Waals surface area contributed by atoms with Crippen molar-refractivity contribution in [1.29, 1.82) is 0 Å². The van der Waals surface area contributed by atoms with Crippen molar-refractivity contribution in [2.75, 3.05) is 0 Å². The van der Waals surface area contributed by atoms with Gasteiger partial charge in [-0.2, -0.15) is 0 Å². The van der Waals surface area contributed by atoms with Crippen molar-refractivity contribution in [3.63, 3.8) is 0 Å². The summed E-state index contributed by atoms with van der Waals surface area (Å²) in [5.41, 5.74) is 0. The Hall–Kier alpha value is -0.0800. The number of hydrogen-bond donors (Lipinski definition) is 0. The smallest absolute Gasteiger partial charge is 0.191 e. The van der Waals surface area contributed by atoms with Gasteiger partial charge < -0.3 is 4.74 Å². The second-order valence-corrected chi connectivity index (χ2v) is 2.40. The summed E-state index contributed by atoms with van der Waals surface area (Å²) in [5.74, 6) is 0. The lowest BCUT2D eigenvalue weighted by Gasteiger charge is -2.10. The van der Waals surface area contributed by atoms with Crippen LogP contribution >= 0.6 is 0 Å². The standard InChI is InChI=1S/C7H15O2/c1-4-5-7(8)9-6(2)3/h6-7H,4-5H2,1-3H3. The first-order chi connectivity index (χ1) is 4.16. The highest BCUT2D eigenvalue weighted by Gasteiger charge is 2.05. The molecular formula is C7H15O2.